The quantitative estimate of drug-likeness (QED) is 0.702. The molecule has 1 amide bonds. The van der Waals surface area contributed by atoms with Crippen LogP contribution in [-0.4, -0.2) is 38.3 Å². The summed E-state index contributed by atoms with van der Waals surface area (Å²) in [6.45, 7) is 1.63. The van der Waals surface area contributed by atoms with Crippen LogP contribution >= 0.6 is 34.5 Å². The highest BCUT2D eigenvalue weighted by Crippen LogP contribution is 2.36. The van der Waals surface area contributed by atoms with E-state index in [2.05, 4.69) is 0 Å². The second-order valence-electron chi connectivity index (χ2n) is 6.70. The Hall–Kier alpha value is -1.12. The third-order valence-corrected chi connectivity index (χ3v) is 8.41. The first-order valence-electron chi connectivity index (χ1n) is 8.78. The summed E-state index contributed by atoms with van der Waals surface area (Å²) in [6, 6.07) is 6.59. The van der Waals surface area contributed by atoms with Crippen molar-refractivity contribution >= 4 is 56.2 Å². The second kappa shape index (κ2) is 7.37. The van der Waals surface area contributed by atoms with Crippen LogP contribution in [0.4, 0.5) is 5.69 Å². The number of halogens is 2. The van der Waals surface area contributed by atoms with E-state index in [-0.39, 0.29) is 5.91 Å². The number of piperidine rings is 1. The number of hydrogen-bond acceptors (Lipinski definition) is 4. The highest BCUT2D eigenvalue weighted by atomic mass is 35.5. The van der Waals surface area contributed by atoms with Crippen molar-refractivity contribution in [2.24, 2.45) is 0 Å². The number of fused-ring (bicyclic) bond motifs is 1. The first-order chi connectivity index (χ1) is 12.9. The summed E-state index contributed by atoms with van der Waals surface area (Å²) in [4.78, 5) is 14.8. The Bertz CT molecular complexity index is 998. The Morgan fingerprint density at radius 1 is 1.04 bits per heavy atom. The van der Waals surface area contributed by atoms with Gasteiger partial charge in [-0.15, -0.1) is 11.3 Å². The maximum atomic E-state index is 12.9. The third kappa shape index (κ3) is 3.51. The van der Waals surface area contributed by atoms with Gasteiger partial charge < -0.3 is 4.90 Å². The average molecular weight is 445 g/mol. The lowest BCUT2D eigenvalue weighted by atomic mass is 10.2. The summed E-state index contributed by atoms with van der Waals surface area (Å²) < 4.78 is 28.2. The van der Waals surface area contributed by atoms with E-state index in [0.717, 1.165) is 41.9 Å². The summed E-state index contributed by atoms with van der Waals surface area (Å²) in [5.41, 5.74) is 1.97. The molecule has 0 aliphatic carbocycles. The molecule has 1 fully saturated rings. The molecule has 144 valence electrons. The first-order valence-corrected chi connectivity index (χ1v) is 11.8. The van der Waals surface area contributed by atoms with Gasteiger partial charge in [-0.05, 0) is 49.1 Å². The number of nitrogens with zero attached hydrogens (tertiary/aromatic N) is 2. The molecule has 0 unspecified atom stereocenters. The monoisotopic (exact) mass is 444 g/mol. The molecule has 0 atom stereocenters. The van der Waals surface area contributed by atoms with Crippen LogP contribution in [-0.2, 0) is 16.4 Å². The molecule has 1 aromatic heterocycles. The Morgan fingerprint density at radius 3 is 2.44 bits per heavy atom. The molecule has 0 spiro atoms. The number of carbonyl (C=O) groups excluding carboxylic acids is 1. The zero-order chi connectivity index (χ0) is 19.2. The van der Waals surface area contributed by atoms with Gasteiger partial charge in [0, 0.05) is 25.3 Å². The second-order valence-corrected chi connectivity index (χ2v) is 10.9. The molecule has 0 bridgehead atoms. The number of rotatable bonds is 3. The molecule has 0 N–H and O–H groups in total. The van der Waals surface area contributed by atoms with Crippen LogP contribution in [0.2, 0.25) is 8.67 Å². The van der Waals surface area contributed by atoms with Gasteiger partial charge in [-0.2, -0.15) is 4.31 Å². The molecule has 4 rings (SSSR count). The fourth-order valence-corrected chi connectivity index (χ4v) is 6.65. The van der Waals surface area contributed by atoms with E-state index in [1.807, 2.05) is 0 Å². The molecule has 2 aromatic rings. The SMILES string of the molecule is O=C(c1cc(Cl)sc1Cl)N1CCc2cc(S(=O)(=O)N3CCCCC3)ccc21. The first kappa shape index (κ1) is 19.2. The van der Waals surface area contributed by atoms with Crippen LogP contribution in [0.25, 0.3) is 0 Å². The number of amides is 1. The maximum Gasteiger partial charge on any atom is 0.260 e. The van der Waals surface area contributed by atoms with E-state index in [1.165, 1.54) is 0 Å². The van der Waals surface area contributed by atoms with Gasteiger partial charge in [0.15, 0.2) is 0 Å². The Kier molecular flexibility index (Phi) is 5.24. The molecule has 1 aromatic carbocycles. The van der Waals surface area contributed by atoms with Crippen molar-refractivity contribution in [2.45, 2.75) is 30.6 Å². The zero-order valence-corrected chi connectivity index (χ0v) is 17.6. The third-order valence-electron chi connectivity index (χ3n) is 5.03. The number of benzene rings is 1. The summed E-state index contributed by atoms with van der Waals surface area (Å²) >= 11 is 13.2. The lowest BCUT2D eigenvalue weighted by Gasteiger charge is -2.26. The van der Waals surface area contributed by atoms with Crippen LogP contribution in [0, 0.1) is 0 Å². The van der Waals surface area contributed by atoms with Gasteiger partial charge in [-0.1, -0.05) is 29.6 Å². The minimum atomic E-state index is -3.48. The van der Waals surface area contributed by atoms with Crippen molar-refractivity contribution in [3.05, 3.63) is 44.1 Å². The molecule has 27 heavy (non-hydrogen) atoms. The summed E-state index contributed by atoms with van der Waals surface area (Å²) in [7, 11) is -3.48. The van der Waals surface area contributed by atoms with Gasteiger partial charge in [0.05, 0.1) is 14.8 Å². The highest BCUT2D eigenvalue weighted by Gasteiger charge is 2.31. The lowest BCUT2D eigenvalue weighted by Crippen LogP contribution is -2.35. The number of anilines is 1. The molecule has 9 heteroatoms. The minimum absolute atomic E-state index is 0.214. The van der Waals surface area contributed by atoms with E-state index >= 15 is 0 Å². The van der Waals surface area contributed by atoms with Gasteiger partial charge in [-0.25, -0.2) is 8.42 Å². The van der Waals surface area contributed by atoms with Crippen molar-refractivity contribution in [3.8, 4) is 0 Å². The van der Waals surface area contributed by atoms with Gasteiger partial charge in [0.2, 0.25) is 10.0 Å². The van der Waals surface area contributed by atoms with Gasteiger partial charge in [0.1, 0.15) is 4.34 Å². The minimum Gasteiger partial charge on any atom is -0.308 e. The number of sulfonamides is 1. The maximum absolute atomic E-state index is 12.9. The van der Waals surface area contributed by atoms with Crippen LogP contribution < -0.4 is 4.90 Å². The molecule has 0 saturated carbocycles. The van der Waals surface area contributed by atoms with Gasteiger partial charge in [-0.3, -0.25) is 4.79 Å². The van der Waals surface area contributed by atoms with E-state index in [9.17, 15) is 13.2 Å². The normalized spacial score (nSPS) is 17.9. The van der Waals surface area contributed by atoms with Gasteiger partial charge in [0.25, 0.3) is 5.91 Å². The summed E-state index contributed by atoms with van der Waals surface area (Å²) in [6.07, 6.45) is 3.48. The number of carbonyl (C=O) groups is 1. The van der Waals surface area contributed by atoms with E-state index in [0.29, 0.717) is 45.2 Å². The van der Waals surface area contributed by atoms with Crippen LogP contribution in [0.3, 0.4) is 0 Å². The number of thiophene rings is 1. The smallest absolute Gasteiger partial charge is 0.260 e. The van der Waals surface area contributed by atoms with Crippen molar-refractivity contribution < 1.29 is 13.2 Å². The van der Waals surface area contributed by atoms with E-state index in [1.54, 1.807) is 33.5 Å². The van der Waals surface area contributed by atoms with Crippen molar-refractivity contribution in [1.82, 2.24) is 4.31 Å². The largest absolute Gasteiger partial charge is 0.308 e. The fraction of sp³-hybridized carbons (Fsp3) is 0.389. The van der Waals surface area contributed by atoms with Crippen LogP contribution in [0.5, 0.6) is 0 Å². The molecule has 0 radical (unpaired) electrons. The molecule has 3 heterocycles. The molecule has 1 saturated heterocycles. The van der Waals surface area contributed by atoms with Crippen molar-refractivity contribution in [3.63, 3.8) is 0 Å². The molecule has 5 nitrogen and oxygen atoms in total. The fourth-order valence-electron chi connectivity index (χ4n) is 3.64. The number of hydrogen-bond donors (Lipinski definition) is 0. The van der Waals surface area contributed by atoms with E-state index in [4.69, 9.17) is 23.2 Å². The van der Waals surface area contributed by atoms with E-state index < -0.39 is 10.0 Å². The average Bonchev–Trinajstić information content (AvgIpc) is 3.24. The molecular weight excluding hydrogens is 427 g/mol. The van der Waals surface area contributed by atoms with Gasteiger partial charge >= 0.3 is 0 Å². The predicted octanol–water partition coefficient (Wildman–Crippen LogP) is 4.43. The standard InChI is InChI=1S/C18H18Cl2N2O3S2/c19-16-11-14(17(20)26-16)18(23)22-9-6-12-10-13(4-5-15(12)22)27(24,25)21-7-2-1-3-8-21/h4-5,10-11H,1-3,6-9H2. The predicted molar refractivity (Wildman–Crippen MR) is 109 cm³/mol. The van der Waals surface area contributed by atoms with Crippen LogP contribution in [0.1, 0.15) is 35.2 Å². The van der Waals surface area contributed by atoms with Crippen molar-refractivity contribution in [2.75, 3.05) is 24.5 Å². The molecule has 2 aliphatic rings. The highest BCUT2D eigenvalue weighted by molar-refractivity contribution is 7.89. The summed E-state index contributed by atoms with van der Waals surface area (Å²) in [5.74, 6) is -0.214. The lowest BCUT2D eigenvalue weighted by molar-refractivity contribution is 0.0990. The Labute approximate surface area is 172 Å². The Morgan fingerprint density at radius 2 is 1.78 bits per heavy atom. The molecule has 2 aliphatic heterocycles. The molecular formula is C18H18Cl2N2O3S2. The van der Waals surface area contributed by atoms with Crippen LogP contribution in [0.15, 0.2) is 29.2 Å². The van der Waals surface area contributed by atoms with Crippen molar-refractivity contribution in [1.29, 1.82) is 0 Å². The zero-order valence-electron chi connectivity index (χ0n) is 14.5. The topological polar surface area (TPSA) is 57.7 Å². The Balaban J connectivity index is 1.62. The summed E-state index contributed by atoms with van der Waals surface area (Å²) in [5, 5.41) is 0.